The zero-order valence-electron chi connectivity index (χ0n) is 13.5. The van der Waals surface area contributed by atoms with Crippen LogP contribution in [0.1, 0.15) is 23.5 Å². The van der Waals surface area contributed by atoms with E-state index in [0.29, 0.717) is 10.6 Å². The standard InChI is InChI=1S/C17H24N2O2S2/c1-13-11-19(8-7-18-13)16(20)12-21-15-5-3-14(4-6-15)17-22-9-2-10-23-17/h3-6,13,17-18H,2,7-12H2,1H3. The molecule has 0 bridgehead atoms. The summed E-state index contributed by atoms with van der Waals surface area (Å²) in [5.74, 6) is 3.33. The Morgan fingerprint density at radius 3 is 2.74 bits per heavy atom. The van der Waals surface area contributed by atoms with Crippen LogP contribution in [0.3, 0.4) is 0 Å². The highest BCUT2D eigenvalue weighted by molar-refractivity contribution is 8.16. The molecule has 0 spiro atoms. The lowest BCUT2D eigenvalue weighted by Crippen LogP contribution is -2.52. The number of hydrogen-bond acceptors (Lipinski definition) is 5. The van der Waals surface area contributed by atoms with E-state index in [1.807, 2.05) is 40.6 Å². The van der Waals surface area contributed by atoms with Crippen LogP contribution >= 0.6 is 23.5 Å². The zero-order valence-corrected chi connectivity index (χ0v) is 15.1. The Hall–Kier alpha value is -0.850. The molecule has 2 fully saturated rings. The summed E-state index contributed by atoms with van der Waals surface area (Å²) in [6.45, 7) is 4.61. The molecule has 126 valence electrons. The van der Waals surface area contributed by atoms with Crippen molar-refractivity contribution in [3.05, 3.63) is 29.8 Å². The van der Waals surface area contributed by atoms with Crippen LogP contribution in [0.4, 0.5) is 0 Å². The number of ether oxygens (including phenoxy) is 1. The van der Waals surface area contributed by atoms with Crippen LogP contribution in [0.25, 0.3) is 0 Å². The molecule has 6 heteroatoms. The molecule has 0 aliphatic carbocycles. The third-order valence-corrected chi connectivity index (χ3v) is 7.08. The monoisotopic (exact) mass is 352 g/mol. The van der Waals surface area contributed by atoms with E-state index in [4.69, 9.17) is 4.74 Å². The Bertz CT molecular complexity index is 518. The van der Waals surface area contributed by atoms with E-state index in [9.17, 15) is 4.79 Å². The van der Waals surface area contributed by atoms with Gasteiger partial charge in [-0.05, 0) is 42.5 Å². The molecule has 2 heterocycles. The Labute approximate surface area is 146 Å². The fourth-order valence-corrected chi connectivity index (χ4v) is 5.69. The molecule has 23 heavy (non-hydrogen) atoms. The predicted octanol–water partition coefficient (Wildman–Crippen LogP) is 2.75. The maximum absolute atomic E-state index is 12.2. The van der Waals surface area contributed by atoms with Crippen molar-refractivity contribution in [1.82, 2.24) is 10.2 Å². The Morgan fingerprint density at radius 2 is 2.04 bits per heavy atom. The number of carbonyl (C=O) groups is 1. The molecule has 0 radical (unpaired) electrons. The normalized spacial score (nSPS) is 22.8. The summed E-state index contributed by atoms with van der Waals surface area (Å²) >= 11 is 4.03. The van der Waals surface area contributed by atoms with Gasteiger partial charge in [-0.3, -0.25) is 4.79 Å². The van der Waals surface area contributed by atoms with Gasteiger partial charge in [0.25, 0.3) is 5.91 Å². The van der Waals surface area contributed by atoms with Gasteiger partial charge < -0.3 is 15.0 Å². The maximum atomic E-state index is 12.2. The van der Waals surface area contributed by atoms with Crippen LogP contribution in [0.5, 0.6) is 5.75 Å². The minimum atomic E-state index is 0.0702. The van der Waals surface area contributed by atoms with E-state index < -0.39 is 0 Å². The number of nitrogens with one attached hydrogen (secondary N) is 1. The summed E-state index contributed by atoms with van der Waals surface area (Å²) in [5, 5.41) is 3.34. The SMILES string of the molecule is CC1CN(C(=O)COc2ccc(C3SCCCS3)cc2)CCN1. The topological polar surface area (TPSA) is 41.6 Å². The smallest absolute Gasteiger partial charge is 0.260 e. The minimum absolute atomic E-state index is 0.0702. The van der Waals surface area contributed by atoms with Gasteiger partial charge >= 0.3 is 0 Å². The second kappa shape index (κ2) is 8.31. The Kier molecular flexibility index (Phi) is 6.14. The van der Waals surface area contributed by atoms with Crippen molar-refractivity contribution < 1.29 is 9.53 Å². The lowest BCUT2D eigenvalue weighted by atomic mass is 10.2. The van der Waals surface area contributed by atoms with Gasteiger partial charge in [-0.2, -0.15) is 0 Å². The van der Waals surface area contributed by atoms with Crippen molar-refractivity contribution in [3.63, 3.8) is 0 Å². The van der Waals surface area contributed by atoms with Gasteiger partial charge in [-0.25, -0.2) is 0 Å². The molecule has 2 saturated heterocycles. The first kappa shape index (κ1) is 17.0. The van der Waals surface area contributed by atoms with E-state index in [2.05, 4.69) is 24.4 Å². The van der Waals surface area contributed by atoms with E-state index in [1.54, 1.807) is 0 Å². The number of nitrogens with zero attached hydrogens (tertiary/aromatic N) is 1. The van der Waals surface area contributed by atoms with Crippen molar-refractivity contribution >= 4 is 29.4 Å². The zero-order chi connectivity index (χ0) is 16.1. The van der Waals surface area contributed by atoms with Crippen LogP contribution in [0.15, 0.2) is 24.3 Å². The molecule has 2 aliphatic heterocycles. The number of piperazine rings is 1. The fourth-order valence-electron chi connectivity index (χ4n) is 2.80. The predicted molar refractivity (Wildman–Crippen MR) is 98.3 cm³/mol. The summed E-state index contributed by atoms with van der Waals surface area (Å²) < 4.78 is 6.22. The second-order valence-corrected chi connectivity index (χ2v) is 8.70. The van der Waals surface area contributed by atoms with Gasteiger partial charge in [0, 0.05) is 25.7 Å². The number of amides is 1. The number of carbonyl (C=O) groups excluding carboxylic acids is 1. The molecule has 1 unspecified atom stereocenters. The van der Waals surface area contributed by atoms with Crippen LogP contribution < -0.4 is 10.1 Å². The highest BCUT2D eigenvalue weighted by Gasteiger charge is 2.21. The molecule has 4 nitrogen and oxygen atoms in total. The minimum Gasteiger partial charge on any atom is -0.484 e. The summed E-state index contributed by atoms with van der Waals surface area (Å²) in [4.78, 5) is 14.1. The van der Waals surface area contributed by atoms with Gasteiger partial charge in [0.15, 0.2) is 6.61 Å². The van der Waals surface area contributed by atoms with E-state index >= 15 is 0 Å². The molecule has 1 atom stereocenters. The van der Waals surface area contributed by atoms with Crippen LogP contribution in [0, 0.1) is 0 Å². The molecular weight excluding hydrogens is 328 g/mol. The molecule has 1 aromatic rings. The molecule has 1 N–H and O–H groups in total. The number of thioether (sulfide) groups is 2. The first-order valence-electron chi connectivity index (χ1n) is 8.19. The average molecular weight is 353 g/mol. The summed E-state index contributed by atoms with van der Waals surface area (Å²) in [7, 11) is 0. The van der Waals surface area contributed by atoms with Crippen molar-refractivity contribution in [2.45, 2.75) is 24.0 Å². The van der Waals surface area contributed by atoms with Crippen LogP contribution in [-0.4, -0.2) is 54.6 Å². The second-order valence-electron chi connectivity index (χ2n) is 5.98. The molecule has 1 amide bonds. The summed E-state index contributed by atoms with van der Waals surface area (Å²) in [6, 6.07) is 8.58. The lowest BCUT2D eigenvalue weighted by Gasteiger charge is -2.31. The Balaban J connectivity index is 1.49. The van der Waals surface area contributed by atoms with E-state index in [0.717, 1.165) is 25.4 Å². The van der Waals surface area contributed by atoms with Gasteiger partial charge in [-0.15, -0.1) is 23.5 Å². The molecule has 0 saturated carbocycles. The fraction of sp³-hybridized carbons (Fsp3) is 0.588. The number of hydrogen-bond donors (Lipinski definition) is 1. The van der Waals surface area contributed by atoms with Crippen LogP contribution in [0.2, 0.25) is 0 Å². The molecule has 3 rings (SSSR count). The van der Waals surface area contributed by atoms with Crippen molar-refractivity contribution in [2.24, 2.45) is 0 Å². The molecule has 1 aromatic carbocycles. The van der Waals surface area contributed by atoms with Crippen LogP contribution in [-0.2, 0) is 4.79 Å². The van der Waals surface area contributed by atoms with E-state index in [1.165, 1.54) is 23.5 Å². The average Bonchev–Trinajstić information content (AvgIpc) is 2.61. The molecule has 2 aliphatic rings. The van der Waals surface area contributed by atoms with Gasteiger partial charge in [0.2, 0.25) is 0 Å². The third kappa shape index (κ3) is 4.81. The molecular formula is C17H24N2O2S2. The van der Waals surface area contributed by atoms with Crippen molar-refractivity contribution in [1.29, 1.82) is 0 Å². The van der Waals surface area contributed by atoms with Gasteiger partial charge in [-0.1, -0.05) is 12.1 Å². The third-order valence-electron chi connectivity index (χ3n) is 4.06. The number of benzene rings is 1. The van der Waals surface area contributed by atoms with Gasteiger partial charge in [0.1, 0.15) is 5.75 Å². The Morgan fingerprint density at radius 1 is 1.30 bits per heavy atom. The summed E-state index contributed by atoms with van der Waals surface area (Å²) in [6.07, 6.45) is 1.31. The lowest BCUT2D eigenvalue weighted by molar-refractivity contribution is -0.134. The summed E-state index contributed by atoms with van der Waals surface area (Å²) in [5.41, 5.74) is 1.34. The first-order chi connectivity index (χ1) is 11.2. The largest absolute Gasteiger partial charge is 0.484 e. The highest BCUT2D eigenvalue weighted by atomic mass is 32.2. The quantitative estimate of drug-likeness (QED) is 0.902. The molecule has 0 aromatic heterocycles. The first-order valence-corrected chi connectivity index (χ1v) is 10.3. The van der Waals surface area contributed by atoms with Gasteiger partial charge in [0.05, 0.1) is 4.58 Å². The van der Waals surface area contributed by atoms with Crippen molar-refractivity contribution in [2.75, 3.05) is 37.7 Å². The highest BCUT2D eigenvalue weighted by Crippen LogP contribution is 2.43. The number of rotatable bonds is 4. The maximum Gasteiger partial charge on any atom is 0.260 e. The van der Waals surface area contributed by atoms with Crippen molar-refractivity contribution in [3.8, 4) is 5.75 Å². The van der Waals surface area contributed by atoms with E-state index in [-0.39, 0.29) is 12.5 Å².